The molecule has 1 aromatic heterocycles. The third kappa shape index (κ3) is 4.23. The van der Waals surface area contributed by atoms with Gasteiger partial charge in [0.2, 0.25) is 0 Å². The lowest BCUT2D eigenvalue weighted by Gasteiger charge is -2.12. The maximum atomic E-state index is 12.3. The summed E-state index contributed by atoms with van der Waals surface area (Å²) in [6.45, 7) is 3.27. The topological polar surface area (TPSA) is 59.0 Å². The average Bonchev–Trinajstić information content (AvgIpc) is 2.89. The van der Waals surface area contributed by atoms with E-state index in [2.05, 4.69) is 22.7 Å². The van der Waals surface area contributed by atoms with Crippen molar-refractivity contribution in [1.29, 1.82) is 0 Å². The summed E-state index contributed by atoms with van der Waals surface area (Å²) in [5.41, 5.74) is 2.16. The Bertz CT molecular complexity index is 624. The molecule has 2 aromatic rings. The number of anilines is 1. The molecule has 1 amide bonds. The minimum absolute atomic E-state index is 0.165. The molecule has 0 spiro atoms. The van der Waals surface area contributed by atoms with Gasteiger partial charge in [-0.3, -0.25) is 9.48 Å². The molecule has 21 heavy (non-hydrogen) atoms. The molecule has 0 fully saturated rings. The molecule has 5 nitrogen and oxygen atoms in total. The fourth-order valence-corrected chi connectivity index (χ4v) is 2.11. The summed E-state index contributed by atoms with van der Waals surface area (Å²) >= 11 is 5.99. The summed E-state index contributed by atoms with van der Waals surface area (Å²) in [7, 11) is 1.84. The van der Waals surface area contributed by atoms with Gasteiger partial charge < -0.3 is 10.6 Å². The van der Waals surface area contributed by atoms with Crippen LogP contribution in [0.25, 0.3) is 0 Å². The molecule has 2 N–H and O–H groups in total. The van der Waals surface area contributed by atoms with Crippen molar-refractivity contribution < 1.29 is 4.79 Å². The first-order valence-corrected chi connectivity index (χ1v) is 7.28. The van der Waals surface area contributed by atoms with Crippen LogP contribution in [-0.4, -0.2) is 22.2 Å². The molecule has 112 valence electrons. The second kappa shape index (κ2) is 7.13. The highest BCUT2D eigenvalue weighted by Crippen LogP contribution is 2.20. The van der Waals surface area contributed by atoms with Gasteiger partial charge in [0.25, 0.3) is 5.91 Å². The zero-order chi connectivity index (χ0) is 15.2. The van der Waals surface area contributed by atoms with Crippen molar-refractivity contribution in [3.8, 4) is 0 Å². The number of nitrogens with one attached hydrogen (secondary N) is 2. The molecule has 0 aliphatic heterocycles. The van der Waals surface area contributed by atoms with Gasteiger partial charge in [-0.15, -0.1) is 0 Å². The van der Waals surface area contributed by atoms with Crippen molar-refractivity contribution in [2.45, 2.75) is 19.9 Å². The van der Waals surface area contributed by atoms with Gasteiger partial charge in [0.1, 0.15) is 0 Å². The fraction of sp³-hybridized carbons (Fsp3) is 0.333. The van der Waals surface area contributed by atoms with E-state index in [9.17, 15) is 4.79 Å². The number of carbonyl (C=O) groups is 1. The van der Waals surface area contributed by atoms with Crippen LogP contribution in [0.5, 0.6) is 0 Å². The van der Waals surface area contributed by atoms with Gasteiger partial charge in [-0.25, -0.2) is 0 Å². The van der Waals surface area contributed by atoms with E-state index in [4.69, 9.17) is 11.6 Å². The van der Waals surface area contributed by atoms with E-state index in [-0.39, 0.29) is 5.91 Å². The lowest BCUT2D eigenvalue weighted by atomic mass is 10.1. The molecule has 1 aromatic carbocycles. The van der Waals surface area contributed by atoms with Gasteiger partial charge in [0.05, 0.1) is 17.8 Å². The molecule has 0 aliphatic carbocycles. The van der Waals surface area contributed by atoms with Gasteiger partial charge in [-0.2, -0.15) is 5.10 Å². The summed E-state index contributed by atoms with van der Waals surface area (Å²) in [5.74, 6) is -0.165. The van der Waals surface area contributed by atoms with Crippen LogP contribution in [0.1, 0.15) is 29.4 Å². The number of amides is 1. The molecular weight excluding hydrogens is 288 g/mol. The van der Waals surface area contributed by atoms with E-state index < -0.39 is 0 Å². The highest BCUT2D eigenvalue weighted by molar-refractivity contribution is 6.31. The van der Waals surface area contributed by atoms with Crippen LogP contribution >= 0.6 is 11.6 Å². The Balaban J connectivity index is 2.08. The molecule has 0 saturated heterocycles. The van der Waals surface area contributed by atoms with Crippen molar-refractivity contribution >= 4 is 23.2 Å². The number of aromatic nitrogens is 2. The molecule has 0 atom stereocenters. The van der Waals surface area contributed by atoms with Gasteiger partial charge in [0.15, 0.2) is 0 Å². The summed E-state index contributed by atoms with van der Waals surface area (Å²) in [6.07, 6.45) is 2.83. The molecular formula is C15H19ClN4O. The minimum Gasteiger partial charge on any atom is -0.384 e. The quantitative estimate of drug-likeness (QED) is 0.863. The predicted molar refractivity (Wildman–Crippen MR) is 84.6 cm³/mol. The normalized spacial score (nSPS) is 10.4. The monoisotopic (exact) mass is 306 g/mol. The second-order valence-electron chi connectivity index (χ2n) is 4.78. The van der Waals surface area contributed by atoms with Crippen LogP contribution < -0.4 is 10.6 Å². The zero-order valence-electron chi connectivity index (χ0n) is 12.2. The first-order valence-electron chi connectivity index (χ1n) is 6.90. The van der Waals surface area contributed by atoms with Crippen molar-refractivity contribution in [2.24, 2.45) is 7.05 Å². The van der Waals surface area contributed by atoms with E-state index in [1.807, 2.05) is 25.4 Å². The van der Waals surface area contributed by atoms with Crippen LogP contribution in [0.15, 0.2) is 30.5 Å². The molecule has 6 heteroatoms. The summed E-state index contributed by atoms with van der Waals surface area (Å²) in [4.78, 5) is 12.3. The fourth-order valence-electron chi connectivity index (χ4n) is 1.94. The number of halogens is 1. The maximum absolute atomic E-state index is 12.3. The van der Waals surface area contributed by atoms with Crippen molar-refractivity contribution in [2.75, 3.05) is 11.9 Å². The molecule has 0 radical (unpaired) electrons. The van der Waals surface area contributed by atoms with Gasteiger partial charge in [-0.1, -0.05) is 18.5 Å². The van der Waals surface area contributed by atoms with E-state index in [1.165, 1.54) is 0 Å². The molecule has 0 aliphatic rings. The van der Waals surface area contributed by atoms with Crippen LogP contribution in [0.4, 0.5) is 5.69 Å². The summed E-state index contributed by atoms with van der Waals surface area (Å²) < 4.78 is 1.70. The number of benzene rings is 1. The third-order valence-corrected chi connectivity index (χ3v) is 3.23. The Kier molecular flexibility index (Phi) is 5.22. The molecule has 0 saturated carbocycles. The number of hydrogen-bond donors (Lipinski definition) is 2. The summed E-state index contributed by atoms with van der Waals surface area (Å²) in [6, 6.07) is 7.14. The maximum Gasteiger partial charge on any atom is 0.253 e. The Hall–Kier alpha value is -2.01. The molecule has 0 bridgehead atoms. The Morgan fingerprint density at radius 2 is 2.19 bits per heavy atom. The predicted octanol–water partition coefficient (Wildman–Crippen LogP) is 2.83. The van der Waals surface area contributed by atoms with Crippen LogP contribution in [0, 0.1) is 0 Å². The van der Waals surface area contributed by atoms with Crippen LogP contribution in [0.2, 0.25) is 5.02 Å². The van der Waals surface area contributed by atoms with Crippen molar-refractivity contribution in [3.63, 3.8) is 0 Å². The van der Waals surface area contributed by atoms with Crippen LogP contribution in [0.3, 0.4) is 0 Å². The van der Waals surface area contributed by atoms with Crippen molar-refractivity contribution in [1.82, 2.24) is 15.1 Å². The highest BCUT2D eigenvalue weighted by atomic mass is 35.5. The van der Waals surface area contributed by atoms with Crippen LogP contribution in [-0.2, 0) is 13.6 Å². The number of carbonyl (C=O) groups excluding carboxylic acids is 1. The van der Waals surface area contributed by atoms with E-state index in [1.54, 1.807) is 16.8 Å². The molecule has 0 unspecified atom stereocenters. The Labute approximate surface area is 129 Å². The Morgan fingerprint density at radius 3 is 2.86 bits per heavy atom. The SMILES string of the molecule is CCCNc1ccc(Cl)cc1C(=O)NCc1ccn(C)n1. The number of nitrogens with zero attached hydrogens (tertiary/aromatic N) is 2. The minimum atomic E-state index is -0.165. The van der Waals surface area contributed by atoms with Gasteiger partial charge in [-0.05, 0) is 30.7 Å². The highest BCUT2D eigenvalue weighted by Gasteiger charge is 2.12. The van der Waals surface area contributed by atoms with Crippen molar-refractivity contribution in [3.05, 3.63) is 46.7 Å². The molecule has 1 heterocycles. The second-order valence-corrected chi connectivity index (χ2v) is 5.22. The molecule has 2 rings (SSSR count). The largest absolute Gasteiger partial charge is 0.384 e. The third-order valence-electron chi connectivity index (χ3n) is 2.99. The van der Waals surface area contributed by atoms with E-state index in [0.717, 1.165) is 24.3 Å². The first-order chi connectivity index (χ1) is 10.1. The van der Waals surface area contributed by atoms with Gasteiger partial charge in [0, 0.05) is 30.5 Å². The zero-order valence-corrected chi connectivity index (χ0v) is 12.9. The number of hydrogen-bond acceptors (Lipinski definition) is 3. The standard InChI is InChI=1S/C15H19ClN4O/c1-3-7-17-14-5-4-11(16)9-13(14)15(21)18-10-12-6-8-20(2)19-12/h4-6,8-9,17H,3,7,10H2,1-2H3,(H,18,21). The van der Waals surface area contributed by atoms with E-state index >= 15 is 0 Å². The first kappa shape index (κ1) is 15.4. The summed E-state index contributed by atoms with van der Waals surface area (Å²) in [5, 5.41) is 10.9. The number of aryl methyl sites for hydroxylation is 1. The Morgan fingerprint density at radius 1 is 1.38 bits per heavy atom. The van der Waals surface area contributed by atoms with E-state index in [0.29, 0.717) is 17.1 Å². The average molecular weight is 307 g/mol. The number of rotatable bonds is 6. The van der Waals surface area contributed by atoms with Gasteiger partial charge >= 0.3 is 0 Å². The lowest BCUT2D eigenvalue weighted by molar-refractivity contribution is 0.0951. The smallest absolute Gasteiger partial charge is 0.253 e. The lowest BCUT2D eigenvalue weighted by Crippen LogP contribution is -2.24.